The Morgan fingerprint density at radius 3 is 2.41 bits per heavy atom. The van der Waals surface area contributed by atoms with Crippen LogP contribution in [0.2, 0.25) is 0 Å². The number of aliphatic hydroxyl groups is 1. The number of aliphatic hydroxyl groups excluding tert-OH is 1. The van der Waals surface area contributed by atoms with Crippen molar-refractivity contribution < 1.29 is 23.6 Å². The quantitative estimate of drug-likeness (QED) is 0.292. The van der Waals surface area contributed by atoms with E-state index in [1.807, 2.05) is 20.8 Å². The van der Waals surface area contributed by atoms with Gasteiger partial charge < -0.3 is 9.63 Å². The zero-order valence-electron chi connectivity index (χ0n) is 17.6. The fourth-order valence-corrected chi connectivity index (χ4v) is 3.82. The molecule has 2 heterocycles. The summed E-state index contributed by atoms with van der Waals surface area (Å²) in [7, 11) is 0. The van der Waals surface area contributed by atoms with Gasteiger partial charge in [-0.2, -0.15) is 0 Å². The van der Waals surface area contributed by atoms with Crippen molar-refractivity contribution in [3.63, 3.8) is 0 Å². The molecule has 1 aliphatic heterocycles. The Morgan fingerprint density at radius 2 is 1.81 bits per heavy atom. The van der Waals surface area contributed by atoms with E-state index in [1.165, 1.54) is 18.2 Å². The molecule has 1 aromatic heterocycles. The summed E-state index contributed by atoms with van der Waals surface area (Å²) in [4.78, 5) is 27.3. The van der Waals surface area contributed by atoms with Crippen molar-refractivity contribution in [1.82, 2.24) is 5.16 Å². The summed E-state index contributed by atoms with van der Waals surface area (Å²) in [6, 6.07) is 12.7. The summed E-state index contributed by atoms with van der Waals surface area (Å²) in [5.74, 6) is -2.03. The first-order valence-corrected chi connectivity index (χ1v) is 10.7. The van der Waals surface area contributed by atoms with Crippen LogP contribution in [0.25, 0.3) is 5.76 Å². The molecule has 8 heteroatoms. The minimum atomic E-state index is -1.08. The van der Waals surface area contributed by atoms with E-state index in [0.29, 0.717) is 16.9 Å². The normalized spacial score (nSPS) is 18.4. The van der Waals surface area contributed by atoms with Crippen molar-refractivity contribution in [3.05, 3.63) is 87.3 Å². The molecule has 1 fully saturated rings. The number of aromatic nitrogens is 1. The molecule has 164 valence electrons. The fourth-order valence-electron chi connectivity index (χ4n) is 3.56. The van der Waals surface area contributed by atoms with Crippen LogP contribution in [0.4, 0.5) is 10.2 Å². The summed E-state index contributed by atoms with van der Waals surface area (Å²) in [5.41, 5.74) is 0.138. The van der Waals surface area contributed by atoms with Crippen LogP contribution >= 0.6 is 15.9 Å². The van der Waals surface area contributed by atoms with Gasteiger partial charge in [0, 0.05) is 21.5 Å². The lowest BCUT2D eigenvalue weighted by molar-refractivity contribution is -0.132. The third kappa shape index (κ3) is 3.86. The zero-order chi connectivity index (χ0) is 23.2. The second kappa shape index (κ2) is 8.02. The number of carbonyl (C=O) groups excluding carboxylic acids is 2. The smallest absolute Gasteiger partial charge is 0.301 e. The molecule has 0 saturated carbocycles. The Bertz CT molecular complexity index is 1240. The number of Topliss-reactive ketones (excluding diaryl/α,β-unsaturated/α-hetero) is 1. The number of carbonyl (C=O) groups is 2. The highest BCUT2D eigenvalue weighted by Gasteiger charge is 2.48. The van der Waals surface area contributed by atoms with Gasteiger partial charge in [0.2, 0.25) is 0 Å². The van der Waals surface area contributed by atoms with E-state index in [2.05, 4.69) is 21.1 Å². The zero-order valence-corrected chi connectivity index (χ0v) is 19.2. The molecule has 1 atom stereocenters. The highest BCUT2D eigenvalue weighted by Crippen LogP contribution is 2.42. The number of nitrogens with zero attached hydrogens (tertiary/aromatic N) is 2. The molecule has 0 radical (unpaired) electrons. The summed E-state index contributed by atoms with van der Waals surface area (Å²) in [5, 5.41) is 15.0. The first-order valence-electron chi connectivity index (χ1n) is 9.87. The Kier molecular flexibility index (Phi) is 5.50. The summed E-state index contributed by atoms with van der Waals surface area (Å²) in [6.45, 7) is 5.76. The highest BCUT2D eigenvalue weighted by molar-refractivity contribution is 9.10. The van der Waals surface area contributed by atoms with Crippen LogP contribution in [-0.2, 0) is 15.0 Å². The van der Waals surface area contributed by atoms with Crippen molar-refractivity contribution in [2.75, 3.05) is 4.90 Å². The highest BCUT2D eigenvalue weighted by atomic mass is 79.9. The van der Waals surface area contributed by atoms with Crippen molar-refractivity contribution in [1.29, 1.82) is 0 Å². The summed E-state index contributed by atoms with van der Waals surface area (Å²) < 4.78 is 20.3. The second-order valence-corrected chi connectivity index (χ2v) is 9.45. The van der Waals surface area contributed by atoms with Crippen LogP contribution in [0.3, 0.4) is 0 Å². The third-order valence-corrected chi connectivity index (χ3v) is 5.74. The first kappa shape index (κ1) is 22.0. The van der Waals surface area contributed by atoms with Crippen molar-refractivity contribution in [3.8, 4) is 0 Å². The maximum atomic E-state index is 14.1. The Hall–Kier alpha value is -3.26. The lowest BCUT2D eigenvalue weighted by Gasteiger charge is -2.23. The molecule has 0 aliphatic carbocycles. The molecule has 4 rings (SSSR count). The molecule has 0 unspecified atom stereocenters. The van der Waals surface area contributed by atoms with Crippen LogP contribution in [0.5, 0.6) is 0 Å². The number of amides is 1. The number of anilines is 1. The minimum absolute atomic E-state index is 0.112. The standard InChI is InChI=1S/C24H20BrFN2O4/c1-24(2,3)17-12-18(27-32-17)28-20(14-5-4-6-16(26)11-14)19(22(30)23(28)31)21(29)13-7-9-15(25)10-8-13/h4-12,20,29H,1-3H3/t20-/m0/s1. The minimum Gasteiger partial charge on any atom is -0.507 e. The van der Waals surface area contributed by atoms with Crippen LogP contribution in [0, 0.1) is 5.82 Å². The largest absolute Gasteiger partial charge is 0.507 e. The van der Waals surface area contributed by atoms with Crippen molar-refractivity contribution in [2.45, 2.75) is 32.2 Å². The van der Waals surface area contributed by atoms with Gasteiger partial charge in [-0.05, 0) is 29.8 Å². The molecule has 6 nitrogen and oxygen atoms in total. The van der Waals surface area contributed by atoms with Gasteiger partial charge in [-0.3, -0.25) is 14.5 Å². The second-order valence-electron chi connectivity index (χ2n) is 8.53. The van der Waals surface area contributed by atoms with E-state index in [0.717, 1.165) is 9.37 Å². The van der Waals surface area contributed by atoms with Crippen LogP contribution in [0.15, 0.2) is 69.2 Å². The van der Waals surface area contributed by atoms with E-state index >= 15 is 0 Å². The number of rotatable bonds is 3. The van der Waals surface area contributed by atoms with E-state index in [1.54, 1.807) is 36.4 Å². The molecule has 1 N–H and O–H groups in total. The molecule has 0 spiro atoms. The molecule has 0 bridgehead atoms. The predicted octanol–water partition coefficient (Wildman–Crippen LogP) is 5.50. The number of halogens is 2. The monoisotopic (exact) mass is 498 g/mol. The van der Waals surface area contributed by atoms with E-state index in [4.69, 9.17) is 4.52 Å². The molecular formula is C24H20BrFN2O4. The molecule has 1 aliphatic rings. The topological polar surface area (TPSA) is 83.6 Å². The van der Waals surface area contributed by atoms with Gasteiger partial charge >= 0.3 is 5.91 Å². The predicted molar refractivity (Wildman–Crippen MR) is 121 cm³/mol. The van der Waals surface area contributed by atoms with Gasteiger partial charge in [-0.25, -0.2) is 4.39 Å². The molecule has 1 saturated heterocycles. The molecular weight excluding hydrogens is 479 g/mol. The maximum Gasteiger partial charge on any atom is 0.301 e. The first-order chi connectivity index (χ1) is 15.1. The number of hydrogen-bond donors (Lipinski definition) is 1. The van der Waals surface area contributed by atoms with Crippen LogP contribution in [-0.4, -0.2) is 22.0 Å². The molecule has 3 aromatic rings. The van der Waals surface area contributed by atoms with Crippen LogP contribution < -0.4 is 4.90 Å². The van der Waals surface area contributed by atoms with Gasteiger partial charge in [0.25, 0.3) is 5.78 Å². The molecule has 2 aromatic carbocycles. The van der Waals surface area contributed by atoms with E-state index < -0.39 is 23.5 Å². The summed E-state index contributed by atoms with van der Waals surface area (Å²) >= 11 is 3.33. The lowest BCUT2D eigenvalue weighted by atomic mass is 9.93. The lowest BCUT2D eigenvalue weighted by Crippen LogP contribution is -2.29. The van der Waals surface area contributed by atoms with Gasteiger partial charge in [-0.15, -0.1) is 0 Å². The Balaban J connectivity index is 1.93. The number of ketones is 1. The summed E-state index contributed by atoms with van der Waals surface area (Å²) in [6.07, 6.45) is 0. The fraction of sp³-hybridized carbons (Fsp3) is 0.208. The maximum absolute atomic E-state index is 14.1. The van der Waals surface area contributed by atoms with Gasteiger partial charge in [0.05, 0.1) is 11.6 Å². The average molecular weight is 499 g/mol. The van der Waals surface area contributed by atoms with E-state index in [-0.39, 0.29) is 22.6 Å². The third-order valence-electron chi connectivity index (χ3n) is 5.21. The Morgan fingerprint density at radius 1 is 1.12 bits per heavy atom. The Labute approximate surface area is 192 Å². The average Bonchev–Trinajstić information content (AvgIpc) is 3.32. The molecule has 1 amide bonds. The molecule has 32 heavy (non-hydrogen) atoms. The van der Waals surface area contributed by atoms with Crippen LogP contribution in [0.1, 0.15) is 43.7 Å². The SMILES string of the molecule is CC(C)(C)c1cc(N2C(=O)C(=O)C(=C(O)c3ccc(Br)cc3)[C@@H]2c2cccc(F)c2)no1. The van der Waals surface area contributed by atoms with Crippen molar-refractivity contribution >= 4 is 39.2 Å². The van der Waals surface area contributed by atoms with E-state index in [9.17, 15) is 19.1 Å². The number of benzene rings is 2. The van der Waals surface area contributed by atoms with Gasteiger partial charge in [0.15, 0.2) is 5.82 Å². The number of hydrogen-bond acceptors (Lipinski definition) is 5. The van der Waals surface area contributed by atoms with Crippen molar-refractivity contribution in [2.24, 2.45) is 0 Å². The van der Waals surface area contributed by atoms with Gasteiger partial charge in [-0.1, -0.05) is 66.1 Å². The van der Waals surface area contributed by atoms with Gasteiger partial charge in [0.1, 0.15) is 17.3 Å².